The average molecular weight is 199 g/mol. The molecule has 0 unspecified atom stereocenters. The quantitative estimate of drug-likeness (QED) is 0.374. The Balaban J connectivity index is -0.00000000381. The molecule has 12 heavy (non-hydrogen) atoms. The van der Waals surface area contributed by atoms with Gasteiger partial charge in [-0.25, -0.2) is 0 Å². The topological polar surface area (TPSA) is 224 Å². The number of hydrogen-bond donors (Lipinski definition) is 1. The Bertz CT molecular complexity index is 33.0. The van der Waals surface area contributed by atoms with Crippen LogP contribution in [0, 0.1) is 0 Å². The van der Waals surface area contributed by atoms with E-state index in [2.05, 4.69) is 28.2 Å². The van der Waals surface area contributed by atoms with E-state index < -0.39 is 0 Å². The first-order chi connectivity index (χ1) is 2.00. The summed E-state index contributed by atoms with van der Waals surface area (Å²) >= 11 is 0. The normalized spacial score (nSPS) is 5.00. The van der Waals surface area contributed by atoms with E-state index in [1.54, 1.807) is 0 Å². The van der Waals surface area contributed by atoms with Crippen molar-refractivity contribution in [2.24, 2.45) is 0 Å². The van der Waals surface area contributed by atoms with Crippen molar-refractivity contribution in [3.63, 3.8) is 0 Å². The molecule has 0 bridgehead atoms. The molecule has 0 saturated carbocycles. The van der Waals surface area contributed by atoms with Crippen molar-refractivity contribution >= 4 is 0 Å². The van der Waals surface area contributed by atoms with E-state index in [4.69, 9.17) is 0 Å². The lowest BCUT2D eigenvalue weighted by molar-refractivity contribution is -0.849. The van der Waals surface area contributed by atoms with Crippen LogP contribution >= 0.6 is 0 Å². The molecule has 0 saturated heterocycles. The first-order valence-corrected chi connectivity index (χ1v) is 1.79. The molecule has 0 rings (SSSR count). The highest BCUT2D eigenvalue weighted by Gasteiger charge is 1.88. The molecule has 0 aliphatic heterocycles. The van der Waals surface area contributed by atoms with Crippen molar-refractivity contribution in [3.05, 3.63) is 0 Å². The molecule has 0 heterocycles. The minimum absolute atomic E-state index is 0. The molecule has 0 atom stereocenters. The molecule has 0 radical (unpaired) electrons. The third-order valence-electron chi connectivity index (χ3n) is 0. The maximum atomic E-state index is 2.12. The molecular formula is C4H27N2O6+. The van der Waals surface area contributed by atoms with Crippen LogP contribution in [0.25, 0.3) is 0 Å². The molecule has 0 spiro atoms. The van der Waals surface area contributed by atoms with Crippen molar-refractivity contribution in [1.82, 2.24) is 6.15 Å². The number of hydrogen-bond acceptors (Lipinski definition) is 1. The van der Waals surface area contributed by atoms with Gasteiger partial charge in [-0.2, -0.15) is 0 Å². The van der Waals surface area contributed by atoms with E-state index in [1.165, 1.54) is 0 Å². The van der Waals surface area contributed by atoms with Crippen LogP contribution in [-0.4, -0.2) is 65.5 Å². The van der Waals surface area contributed by atoms with Crippen LogP contribution in [0.1, 0.15) is 0 Å². The van der Waals surface area contributed by atoms with E-state index in [9.17, 15) is 0 Å². The first kappa shape index (κ1) is 98.4. The molecule has 0 aromatic carbocycles. The summed E-state index contributed by atoms with van der Waals surface area (Å²) < 4.78 is 1.00. The Morgan fingerprint density at radius 2 is 0.500 bits per heavy atom. The molecule has 0 aromatic heterocycles. The van der Waals surface area contributed by atoms with Gasteiger partial charge in [0.2, 0.25) is 0 Å². The van der Waals surface area contributed by atoms with Crippen LogP contribution in [0.2, 0.25) is 0 Å². The fourth-order valence-electron chi connectivity index (χ4n) is 0. The van der Waals surface area contributed by atoms with Gasteiger partial charge in [-0.1, -0.05) is 0 Å². The average Bonchev–Trinajstić information content (AvgIpc) is 0.722. The lowest BCUT2D eigenvalue weighted by Gasteiger charge is -2.14. The van der Waals surface area contributed by atoms with E-state index in [-0.39, 0.29) is 39.0 Å². The zero-order valence-electron chi connectivity index (χ0n) is 8.15. The Hall–Kier alpha value is -0.320. The molecule has 0 amide bonds. The Kier molecular flexibility index (Phi) is 254. The maximum absolute atomic E-state index is 2.12. The summed E-state index contributed by atoms with van der Waals surface area (Å²) in [7, 11) is 8.50. The zero-order valence-corrected chi connectivity index (χ0v) is 8.15. The van der Waals surface area contributed by atoms with Crippen LogP contribution in [0.15, 0.2) is 0 Å². The van der Waals surface area contributed by atoms with E-state index in [0.717, 1.165) is 4.48 Å². The van der Waals surface area contributed by atoms with Crippen molar-refractivity contribution in [2.75, 3.05) is 28.2 Å². The molecule has 8 heteroatoms. The van der Waals surface area contributed by atoms with Gasteiger partial charge in [0, 0.05) is 0 Å². The minimum atomic E-state index is 0. The van der Waals surface area contributed by atoms with E-state index in [0.29, 0.717) is 0 Å². The predicted octanol–water partition coefficient (Wildman–Crippen LogP) is -4.46. The molecule has 0 aliphatic carbocycles. The second-order valence-electron chi connectivity index (χ2n) is 2.68. The lowest BCUT2D eigenvalue weighted by atomic mass is 10.8. The van der Waals surface area contributed by atoms with E-state index >= 15 is 0 Å². The van der Waals surface area contributed by atoms with Crippen molar-refractivity contribution in [1.29, 1.82) is 0 Å². The predicted molar refractivity (Wildman–Crippen MR) is 50.7 cm³/mol. The fourth-order valence-corrected chi connectivity index (χ4v) is 0. The summed E-state index contributed by atoms with van der Waals surface area (Å²) in [6.07, 6.45) is 0. The van der Waals surface area contributed by atoms with Crippen LogP contribution in [0.3, 0.4) is 0 Å². The molecule has 0 aromatic rings. The maximum Gasteiger partial charge on any atom is 0.0675 e. The van der Waals surface area contributed by atoms with Gasteiger partial charge in [0.15, 0.2) is 0 Å². The number of rotatable bonds is 0. The van der Waals surface area contributed by atoms with Gasteiger partial charge >= 0.3 is 0 Å². The van der Waals surface area contributed by atoms with Gasteiger partial charge in [-0.3, -0.25) is 0 Å². The van der Waals surface area contributed by atoms with Crippen LogP contribution in [-0.2, 0) is 0 Å². The SMILES string of the molecule is C[N+](C)(C)C.N.O.O.O.O.O.O. The molecule has 15 N–H and O–H groups in total. The second kappa shape index (κ2) is 31.0. The van der Waals surface area contributed by atoms with Crippen LogP contribution in [0.5, 0.6) is 0 Å². The van der Waals surface area contributed by atoms with Crippen molar-refractivity contribution in [2.45, 2.75) is 0 Å². The highest BCUT2D eigenvalue weighted by molar-refractivity contribution is 3.87. The van der Waals surface area contributed by atoms with Crippen molar-refractivity contribution in [3.8, 4) is 0 Å². The van der Waals surface area contributed by atoms with Gasteiger partial charge in [0.1, 0.15) is 0 Å². The van der Waals surface area contributed by atoms with Gasteiger partial charge in [-0.15, -0.1) is 0 Å². The first-order valence-electron chi connectivity index (χ1n) is 1.79. The molecule has 88 valence electrons. The summed E-state index contributed by atoms with van der Waals surface area (Å²) in [5, 5.41) is 0. The third kappa shape index (κ3) is 7120. The molecule has 8 nitrogen and oxygen atoms in total. The molecule has 0 fully saturated rings. The Morgan fingerprint density at radius 1 is 0.500 bits per heavy atom. The highest BCUT2D eigenvalue weighted by Crippen LogP contribution is 1.73. The summed E-state index contributed by atoms with van der Waals surface area (Å²) in [5.41, 5.74) is 0. The standard InChI is InChI=1S/C4H12N.H3N.6H2O/c1-5(2,3)4;;;;;;;/h1-4H3;1H3;6*1H2/q+1;;;;;;;. The third-order valence-corrected chi connectivity index (χ3v) is 0. The summed E-state index contributed by atoms with van der Waals surface area (Å²) in [5.74, 6) is 0. The van der Waals surface area contributed by atoms with Crippen molar-refractivity contribution < 1.29 is 37.3 Å². The van der Waals surface area contributed by atoms with Gasteiger partial charge < -0.3 is 43.5 Å². The van der Waals surface area contributed by atoms with Gasteiger partial charge in [-0.05, 0) is 0 Å². The summed E-state index contributed by atoms with van der Waals surface area (Å²) in [6.45, 7) is 0. The van der Waals surface area contributed by atoms with E-state index in [1.807, 2.05) is 0 Å². The lowest BCUT2D eigenvalue weighted by Crippen LogP contribution is -2.27. The fraction of sp³-hybridized carbons (Fsp3) is 1.00. The van der Waals surface area contributed by atoms with Gasteiger partial charge in [0.25, 0.3) is 0 Å². The van der Waals surface area contributed by atoms with Crippen LogP contribution in [0.4, 0.5) is 0 Å². The highest BCUT2D eigenvalue weighted by atomic mass is 16.0. The number of quaternary nitrogens is 1. The second-order valence-corrected chi connectivity index (χ2v) is 2.68. The molecular weight excluding hydrogens is 172 g/mol. The number of nitrogens with zero attached hydrogens (tertiary/aromatic N) is 1. The van der Waals surface area contributed by atoms with Crippen LogP contribution < -0.4 is 6.15 Å². The Labute approximate surface area is 72.8 Å². The largest absolute Gasteiger partial charge is 0.412 e. The summed E-state index contributed by atoms with van der Waals surface area (Å²) in [6, 6.07) is 0. The minimum Gasteiger partial charge on any atom is -0.412 e. The van der Waals surface area contributed by atoms with Gasteiger partial charge in [0.05, 0.1) is 28.2 Å². The Morgan fingerprint density at radius 3 is 0.500 bits per heavy atom. The molecule has 0 aliphatic rings. The smallest absolute Gasteiger partial charge is 0.0675 e. The monoisotopic (exact) mass is 199 g/mol. The zero-order chi connectivity index (χ0) is 4.50. The summed E-state index contributed by atoms with van der Waals surface area (Å²) in [4.78, 5) is 0.